The molecule has 0 saturated heterocycles. The number of nitrogens with one attached hydrogen (secondary N) is 1. The fraction of sp³-hybridized carbons (Fsp3) is 0.182. The van der Waals surface area contributed by atoms with Crippen molar-refractivity contribution in [2.45, 2.75) is 19.0 Å². The molecule has 27 heavy (non-hydrogen) atoms. The van der Waals surface area contributed by atoms with E-state index >= 15 is 0 Å². The number of nitrogens with zero attached hydrogens (tertiary/aromatic N) is 3. The number of fused-ring (bicyclic) bond motifs is 1. The second-order valence-electron chi connectivity index (χ2n) is 6.78. The summed E-state index contributed by atoms with van der Waals surface area (Å²) >= 11 is 1.87. The number of aromatic nitrogens is 3. The first-order valence-electron chi connectivity index (χ1n) is 9.20. The second-order valence-corrected chi connectivity index (χ2v) is 7.94. The zero-order chi connectivity index (χ0) is 18.1. The summed E-state index contributed by atoms with van der Waals surface area (Å²) in [4.78, 5) is 17.7. The second kappa shape index (κ2) is 7.10. The van der Waals surface area contributed by atoms with Crippen LogP contribution in [-0.4, -0.2) is 26.4 Å². The molecule has 5 rings (SSSR count). The van der Waals surface area contributed by atoms with Gasteiger partial charge in [0.2, 0.25) is 0 Å². The Morgan fingerprint density at radius 3 is 2.74 bits per heavy atom. The molecule has 1 aliphatic rings. The van der Waals surface area contributed by atoms with Gasteiger partial charge in [-0.15, -0.1) is 11.3 Å². The minimum Gasteiger partial charge on any atom is -0.348 e. The van der Waals surface area contributed by atoms with Gasteiger partial charge in [0.1, 0.15) is 0 Å². The van der Waals surface area contributed by atoms with Crippen molar-refractivity contribution in [2.75, 3.05) is 6.54 Å². The van der Waals surface area contributed by atoms with Crippen LogP contribution in [0, 0.1) is 0 Å². The molecule has 0 bridgehead atoms. The maximum absolute atomic E-state index is 4.63. The van der Waals surface area contributed by atoms with Crippen molar-refractivity contribution in [2.24, 2.45) is 0 Å². The van der Waals surface area contributed by atoms with Crippen molar-refractivity contribution in [1.29, 1.82) is 0 Å². The van der Waals surface area contributed by atoms with Crippen LogP contribution in [0.3, 0.4) is 0 Å². The quantitative estimate of drug-likeness (QED) is 0.566. The van der Waals surface area contributed by atoms with Gasteiger partial charge >= 0.3 is 0 Å². The lowest BCUT2D eigenvalue weighted by molar-refractivity contribution is 0.199. The maximum Gasteiger partial charge on any atom is 0.0971 e. The van der Waals surface area contributed by atoms with Gasteiger partial charge in [0.05, 0.1) is 23.8 Å². The van der Waals surface area contributed by atoms with E-state index in [1.807, 2.05) is 29.9 Å². The van der Waals surface area contributed by atoms with E-state index in [0.29, 0.717) is 0 Å². The molecule has 4 nitrogen and oxygen atoms in total. The molecule has 1 atom stereocenters. The lowest BCUT2D eigenvalue weighted by atomic mass is 9.99. The van der Waals surface area contributed by atoms with E-state index in [0.717, 1.165) is 30.9 Å². The minimum absolute atomic E-state index is 0.100. The van der Waals surface area contributed by atoms with Gasteiger partial charge < -0.3 is 4.98 Å². The molecule has 0 unspecified atom stereocenters. The third kappa shape index (κ3) is 3.20. The van der Waals surface area contributed by atoms with Crippen LogP contribution >= 0.6 is 11.3 Å². The predicted molar refractivity (Wildman–Crippen MR) is 109 cm³/mol. The molecule has 0 spiro atoms. The largest absolute Gasteiger partial charge is 0.348 e. The SMILES string of the molecule is c1ccc(-c2ccc(CN3CCc4[nH]cnc4[C@H]3c3ccccn3)s2)cc1. The van der Waals surface area contributed by atoms with Crippen molar-refractivity contribution in [3.05, 3.63) is 95.1 Å². The van der Waals surface area contributed by atoms with E-state index in [1.165, 1.54) is 21.0 Å². The lowest BCUT2D eigenvalue weighted by Crippen LogP contribution is -2.36. The Morgan fingerprint density at radius 2 is 1.89 bits per heavy atom. The van der Waals surface area contributed by atoms with Gasteiger partial charge in [-0.1, -0.05) is 36.4 Å². The van der Waals surface area contributed by atoms with E-state index in [-0.39, 0.29) is 6.04 Å². The highest BCUT2D eigenvalue weighted by molar-refractivity contribution is 7.15. The minimum atomic E-state index is 0.100. The van der Waals surface area contributed by atoms with E-state index in [2.05, 4.69) is 74.4 Å². The van der Waals surface area contributed by atoms with Gasteiger partial charge in [-0.05, 0) is 29.8 Å². The standard InChI is InChI=1S/C22H20N4S/c1-2-6-16(7-3-1)20-10-9-17(27-20)14-26-13-11-18-21(25-15-24-18)22(26)19-8-4-5-12-23-19/h1-10,12,15,22H,11,13-14H2,(H,24,25)/t22-/m1/s1. The van der Waals surface area contributed by atoms with Gasteiger partial charge in [0.25, 0.3) is 0 Å². The highest BCUT2D eigenvalue weighted by Gasteiger charge is 2.32. The summed E-state index contributed by atoms with van der Waals surface area (Å²) in [5, 5.41) is 0. The van der Waals surface area contributed by atoms with Crippen molar-refractivity contribution in [1.82, 2.24) is 19.9 Å². The van der Waals surface area contributed by atoms with Crippen LogP contribution in [-0.2, 0) is 13.0 Å². The number of thiophene rings is 1. The molecule has 0 saturated carbocycles. The van der Waals surface area contributed by atoms with Crippen molar-refractivity contribution in [3.63, 3.8) is 0 Å². The molecule has 0 radical (unpaired) electrons. The van der Waals surface area contributed by atoms with Crippen LogP contribution in [0.4, 0.5) is 0 Å². The van der Waals surface area contributed by atoms with Gasteiger partial charge in [-0.3, -0.25) is 9.88 Å². The molecule has 1 aromatic carbocycles. The Balaban J connectivity index is 1.45. The fourth-order valence-electron chi connectivity index (χ4n) is 3.78. The van der Waals surface area contributed by atoms with Gasteiger partial charge in [-0.2, -0.15) is 0 Å². The zero-order valence-corrected chi connectivity index (χ0v) is 15.7. The number of hydrogen-bond acceptors (Lipinski definition) is 4. The molecule has 1 aliphatic heterocycles. The summed E-state index contributed by atoms with van der Waals surface area (Å²) in [6.07, 6.45) is 4.67. The molecular formula is C22H20N4S. The molecule has 134 valence electrons. The third-order valence-electron chi connectivity index (χ3n) is 5.07. The average molecular weight is 372 g/mol. The highest BCUT2D eigenvalue weighted by Crippen LogP contribution is 2.35. The molecule has 0 amide bonds. The first-order chi connectivity index (χ1) is 13.4. The molecule has 1 N–H and O–H groups in total. The van der Waals surface area contributed by atoms with Crippen LogP contribution < -0.4 is 0 Å². The number of pyridine rings is 1. The number of imidazole rings is 1. The van der Waals surface area contributed by atoms with Gasteiger partial charge in [-0.25, -0.2) is 4.98 Å². The molecular weight excluding hydrogens is 352 g/mol. The van der Waals surface area contributed by atoms with Crippen LogP contribution in [0.5, 0.6) is 0 Å². The first kappa shape index (κ1) is 16.4. The normalized spacial score (nSPS) is 17.0. The van der Waals surface area contributed by atoms with Gasteiger partial charge in [0, 0.05) is 41.2 Å². The van der Waals surface area contributed by atoms with E-state index in [9.17, 15) is 0 Å². The number of benzene rings is 1. The zero-order valence-electron chi connectivity index (χ0n) is 14.9. The molecule has 4 aromatic rings. The lowest BCUT2D eigenvalue weighted by Gasteiger charge is -2.34. The Morgan fingerprint density at radius 1 is 1.00 bits per heavy atom. The van der Waals surface area contributed by atoms with Crippen molar-refractivity contribution in [3.8, 4) is 10.4 Å². The van der Waals surface area contributed by atoms with Crippen molar-refractivity contribution < 1.29 is 0 Å². The van der Waals surface area contributed by atoms with Crippen LogP contribution in [0.15, 0.2) is 73.2 Å². The van der Waals surface area contributed by atoms with E-state index < -0.39 is 0 Å². The van der Waals surface area contributed by atoms with Gasteiger partial charge in [0.15, 0.2) is 0 Å². The molecule has 0 fully saturated rings. The predicted octanol–water partition coefficient (Wildman–Crippen LogP) is 4.68. The summed E-state index contributed by atoms with van der Waals surface area (Å²) in [6, 6.07) is 21.3. The highest BCUT2D eigenvalue weighted by atomic mass is 32.1. The number of H-pyrrole nitrogens is 1. The summed E-state index contributed by atoms with van der Waals surface area (Å²) in [5.41, 5.74) is 4.69. The number of hydrogen-bond donors (Lipinski definition) is 1. The molecule has 4 heterocycles. The number of rotatable bonds is 4. The summed E-state index contributed by atoms with van der Waals surface area (Å²) < 4.78 is 0. The fourth-order valence-corrected chi connectivity index (χ4v) is 4.82. The Bertz CT molecular complexity index is 1020. The van der Waals surface area contributed by atoms with Crippen molar-refractivity contribution >= 4 is 11.3 Å². The Kier molecular flexibility index (Phi) is 4.32. The molecule has 5 heteroatoms. The first-order valence-corrected chi connectivity index (χ1v) is 10.0. The van der Waals surface area contributed by atoms with E-state index in [4.69, 9.17) is 0 Å². The number of aromatic amines is 1. The Hall–Kier alpha value is -2.76. The van der Waals surface area contributed by atoms with Crippen LogP contribution in [0.2, 0.25) is 0 Å². The maximum atomic E-state index is 4.63. The molecule has 0 aliphatic carbocycles. The van der Waals surface area contributed by atoms with E-state index in [1.54, 1.807) is 0 Å². The summed E-state index contributed by atoms with van der Waals surface area (Å²) in [7, 11) is 0. The monoisotopic (exact) mass is 372 g/mol. The smallest absolute Gasteiger partial charge is 0.0971 e. The Labute approximate surface area is 162 Å². The van der Waals surface area contributed by atoms with Crippen LogP contribution in [0.25, 0.3) is 10.4 Å². The van der Waals surface area contributed by atoms with Crippen LogP contribution in [0.1, 0.15) is 28.0 Å². The topological polar surface area (TPSA) is 44.8 Å². The third-order valence-corrected chi connectivity index (χ3v) is 6.19. The summed E-state index contributed by atoms with van der Waals surface area (Å²) in [6.45, 7) is 1.90. The average Bonchev–Trinajstić information content (AvgIpc) is 3.39. The summed E-state index contributed by atoms with van der Waals surface area (Å²) in [5.74, 6) is 0. The molecule has 3 aromatic heterocycles.